The van der Waals surface area contributed by atoms with E-state index < -0.39 is 0 Å². The van der Waals surface area contributed by atoms with E-state index in [0.29, 0.717) is 22.5 Å². The van der Waals surface area contributed by atoms with Gasteiger partial charge >= 0.3 is 6.03 Å². The number of hydrogen-bond donors (Lipinski definition) is 3. The molecule has 0 unspecified atom stereocenters. The van der Waals surface area contributed by atoms with Crippen LogP contribution in [0, 0.1) is 0 Å². The Morgan fingerprint density at radius 1 is 1.45 bits per heavy atom. The number of carbonyl (C=O) groups is 1. The summed E-state index contributed by atoms with van der Waals surface area (Å²) < 4.78 is 0. The summed E-state index contributed by atoms with van der Waals surface area (Å²) >= 11 is 12.0. The van der Waals surface area contributed by atoms with Crippen molar-refractivity contribution in [2.45, 2.75) is 18.4 Å². The molecular formula is C13H17Cl2N3O2. The molecule has 1 fully saturated rings. The second-order valence-electron chi connectivity index (χ2n) is 4.65. The maximum atomic E-state index is 11.3. The Hall–Kier alpha value is -1.01. The van der Waals surface area contributed by atoms with E-state index in [-0.39, 0.29) is 12.1 Å². The van der Waals surface area contributed by atoms with Gasteiger partial charge in [-0.1, -0.05) is 29.3 Å². The van der Waals surface area contributed by atoms with Gasteiger partial charge < -0.3 is 10.6 Å². The molecule has 1 aliphatic rings. The van der Waals surface area contributed by atoms with Crippen LogP contribution < -0.4 is 16.1 Å². The van der Waals surface area contributed by atoms with Crippen LogP contribution in [0.15, 0.2) is 18.2 Å². The van der Waals surface area contributed by atoms with Gasteiger partial charge in [0.15, 0.2) is 0 Å². The average molecular weight is 318 g/mol. The molecule has 1 aliphatic heterocycles. The van der Waals surface area contributed by atoms with Gasteiger partial charge in [0.05, 0.1) is 17.2 Å². The summed E-state index contributed by atoms with van der Waals surface area (Å²) in [4.78, 5) is 15.9. The number of hydroxylamine groups is 1. The minimum Gasteiger partial charge on any atom is -0.335 e. The fourth-order valence-corrected chi connectivity index (χ4v) is 2.76. The highest BCUT2D eigenvalue weighted by Gasteiger charge is 2.28. The zero-order valence-corrected chi connectivity index (χ0v) is 12.6. The fourth-order valence-electron chi connectivity index (χ4n) is 2.46. The summed E-state index contributed by atoms with van der Waals surface area (Å²) in [5, 5.41) is 7.24. The van der Waals surface area contributed by atoms with Crippen molar-refractivity contribution in [2.75, 3.05) is 20.2 Å². The zero-order chi connectivity index (χ0) is 14.5. The van der Waals surface area contributed by atoms with Gasteiger partial charge in [0.25, 0.3) is 0 Å². The Bertz CT molecular complexity index is 485. The third kappa shape index (κ3) is 3.76. The Balaban J connectivity index is 1.99. The lowest BCUT2D eigenvalue weighted by atomic mass is 9.92. The van der Waals surface area contributed by atoms with Crippen LogP contribution in [0.2, 0.25) is 10.0 Å². The number of hydrogen-bond acceptors (Lipinski definition) is 3. The molecule has 110 valence electrons. The number of rotatable bonds is 4. The Morgan fingerprint density at radius 3 is 2.95 bits per heavy atom. The van der Waals surface area contributed by atoms with E-state index in [1.807, 2.05) is 12.1 Å². The van der Waals surface area contributed by atoms with Crippen LogP contribution in [-0.2, 0) is 4.84 Å². The van der Waals surface area contributed by atoms with Crippen molar-refractivity contribution in [2.24, 2.45) is 0 Å². The van der Waals surface area contributed by atoms with Gasteiger partial charge in [-0.05, 0) is 30.7 Å². The number of halogens is 2. The molecule has 0 bridgehead atoms. The number of carbonyl (C=O) groups excluding carboxylic acids is 1. The second kappa shape index (κ2) is 7.13. The van der Waals surface area contributed by atoms with E-state index in [4.69, 9.17) is 23.2 Å². The van der Waals surface area contributed by atoms with E-state index >= 15 is 0 Å². The third-order valence-electron chi connectivity index (χ3n) is 3.40. The lowest BCUT2D eigenvalue weighted by Crippen LogP contribution is -2.43. The van der Waals surface area contributed by atoms with E-state index in [1.54, 1.807) is 6.07 Å². The summed E-state index contributed by atoms with van der Waals surface area (Å²) in [6.07, 6.45) is 0.996. The lowest BCUT2D eigenvalue weighted by molar-refractivity contribution is 0.107. The maximum Gasteiger partial charge on any atom is 0.338 e. The van der Waals surface area contributed by atoms with Gasteiger partial charge in [-0.2, -0.15) is 0 Å². The van der Waals surface area contributed by atoms with Gasteiger partial charge in [0.1, 0.15) is 0 Å². The first-order valence-corrected chi connectivity index (χ1v) is 7.12. The largest absolute Gasteiger partial charge is 0.338 e. The molecule has 0 spiro atoms. The monoisotopic (exact) mass is 317 g/mol. The molecule has 1 heterocycles. The molecule has 1 aromatic rings. The van der Waals surface area contributed by atoms with E-state index in [1.165, 1.54) is 7.11 Å². The molecule has 0 aliphatic carbocycles. The first-order valence-electron chi connectivity index (χ1n) is 6.37. The zero-order valence-electron chi connectivity index (χ0n) is 11.1. The maximum absolute atomic E-state index is 11.3. The minimum atomic E-state index is -0.353. The van der Waals surface area contributed by atoms with Crippen molar-refractivity contribution >= 4 is 29.2 Å². The van der Waals surface area contributed by atoms with Crippen molar-refractivity contribution in [3.8, 4) is 0 Å². The predicted molar refractivity (Wildman–Crippen MR) is 79.2 cm³/mol. The van der Waals surface area contributed by atoms with E-state index in [0.717, 1.165) is 18.5 Å². The molecular weight excluding hydrogens is 301 g/mol. The smallest absolute Gasteiger partial charge is 0.335 e. The number of benzene rings is 1. The molecule has 1 saturated heterocycles. The molecule has 0 aromatic heterocycles. The predicted octanol–water partition coefficient (Wildman–Crippen LogP) is 2.30. The van der Waals surface area contributed by atoms with E-state index in [2.05, 4.69) is 21.0 Å². The van der Waals surface area contributed by atoms with Crippen molar-refractivity contribution < 1.29 is 9.63 Å². The Morgan fingerprint density at radius 2 is 2.25 bits per heavy atom. The fraction of sp³-hybridized carbons (Fsp3) is 0.462. The molecule has 3 N–H and O–H groups in total. The van der Waals surface area contributed by atoms with Crippen LogP contribution in [0.25, 0.3) is 0 Å². The number of urea groups is 1. The minimum absolute atomic E-state index is 0.162. The molecule has 2 atom stereocenters. The SMILES string of the molecule is CONC(=O)NC[C@@H]1NCC[C@H]1c1ccc(Cl)c(Cl)c1. The topological polar surface area (TPSA) is 62.4 Å². The molecule has 20 heavy (non-hydrogen) atoms. The second-order valence-corrected chi connectivity index (χ2v) is 5.46. The summed E-state index contributed by atoms with van der Waals surface area (Å²) in [5.74, 6) is 0.299. The standard InChI is InChI=1S/C13H17Cl2N3O2/c1-20-18-13(19)17-7-12-9(4-5-16-12)8-2-3-10(14)11(15)6-8/h2-3,6,9,12,16H,4-5,7H2,1H3,(H2,17,18,19)/t9-,12-/m0/s1. The molecule has 2 rings (SSSR count). The average Bonchev–Trinajstić information content (AvgIpc) is 2.88. The first kappa shape index (κ1) is 15.4. The van der Waals surface area contributed by atoms with Gasteiger partial charge in [0.2, 0.25) is 0 Å². The normalized spacial score (nSPS) is 21.8. The van der Waals surface area contributed by atoms with Gasteiger partial charge in [-0.25, -0.2) is 10.3 Å². The van der Waals surface area contributed by atoms with Crippen LogP contribution in [0.1, 0.15) is 17.9 Å². The van der Waals surface area contributed by atoms with Crippen LogP contribution in [0.5, 0.6) is 0 Å². The van der Waals surface area contributed by atoms with Crippen molar-refractivity contribution in [3.63, 3.8) is 0 Å². The highest BCUT2D eigenvalue weighted by molar-refractivity contribution is 6.42. The van der Waals surface area contributed by atoms with Crippen molar-refractivity contribution in [1.29, 1.82) is 0 Å². The van der Waals surface area contributed by atoms with Crippen LogP contribution >= 0.6 is 23.2 Å². The lowest BCUT2D eigenvalue weighted by Gasteiger charge is -2.20. The molecule has 0 radical (unpaired) electrons. The number of nitrogens with one attached hydrogen (secondary N) is 3. The van der Waals surface area contributed by atoms with Crippen LogP contribution in [0.4, 0.5) is 4.79 Å². The van der Waals surface area contributed by atoms with E-state index in [9.17, 15) is 4.79 Å². The number of amides is 2. The van der Waals surface area contributed by atoms with Gasteiger partial charge in [-0.3, -0.25) is 4.84 Å². The van der Waals surface area contributed by atoms with Crippen molar-refractivity contribution in [1.82, 2.24) is 16.1 Å². The molecule has 5 nitrogen and oxygen atoms in total. The third-order valence-corrected chi connectivity index (χ3v) is 4.14. The van der Waals surface area contributed by atoms with Crippen LogP contribution in [-0.4, -0.2) is 32.3 Å². The summed E-state index contributed by atoms with van der Waals surface area (Å²) in [7, 11) is 1.39. The van der Waals surface area contributed by atoms with Crippen molar-refractivity contribution in [3.05, 3.63) is 33.8 Å². The van der Waals surface area contributed by atoms with Gasteiger partial charge in [-0.15, -0.1) is 0 Å². The molecule has 7 heteroatoms. The quantitative estimate of drug-likeness (QED) is 0.747. The Kier molecular flexibility index (Phi) is 5.48. The highest BCUT2D eigenvalue weighted by Crippen LogP contribution is 2.32. The summed E-state index contributed by atoms with van der Waals surface area (Å²) in [6.45, 7) is 1.42. The highest BCUT2D eigenvalue weighted by atomic mass is 35.5. The Labute approximate surface area is 127 Å². The van der Waals surface area contributed by atoms with Gasteiger partial charge in [0, 0.05) is 18.5 Å². The molecule has 0 saturated carbocycles. The molecule has 2 amide bonds. The summed E-state index contributed by atoms with van der Waals surface area (Å²) in [6, 6.07) is 5.49. The summed E-state index contributed by atoms with van der Waals surface area (Å²) in [5.41, 5.74) is 3.35. The van der Waals surface area contributed by atoms with Crippen LogP contribution in [0.3, 0.4) is 0 Å². The first-order chi connectivity index (χ1) is 9.61. The molecule has 1 aromatic carbocycles.